The lowest BCUT2D eigenvalue weighted by molar-refractivity contribution is -0.129. The van der Waals surface area contributed by atoms with E-state index >= 15 is 0 Å². The Bertz CT molecular complexity index is 413. The summed E-state index contributed by atoms with van der Waals surface area (Å²) in [5.74, 6) is -0.847. The summed E-state index contributed by atoms with van der Waals surface area (Å²) in [6.45, 7) is 6.10. The van der Waals surface area contributed by atoms with Crippen molar-refractivity contribution >= 4 is 23.2 Å². The third kappa shape index (κ3) is 4.12. The molecule has 0 aliphatic heterocycles. The summed E-state index contributed by atoms with van der Waals surface area (Å²) in [5, 5.41) is 11.8. The Hall–Kier alpha value is -1.40. The summed E-state index contributed by atoms with van der Waals surface area (Å²) in [5.41, 5.74) is 0. The minimum absolute atomic E-state index is 0.0648. The Kier molecular flexibility index (Phi) is 5.80. The molecule has 18 heavy (non-hydrogen) atoms. The maximum absolute atomic E-state index is 11.7. The van der Waals surface area contributed by atoms with E-state index in [0.717, 1.165) is 4.88 Å². The van der Waals surface area contributed by atoms with E-state index < -0.39 is 5.97 Å². The van der Waals surface area contributed by atoms with Crippen molar-refractivity contribution in [3.63, 3.8) is 0 Å². The molecule has 1 amide bonds. The molecule has 100 valence electrons. The number of carboxylic acid groups (broad SMARTS) is 1. The van der Waals surface area contributed by atoms with Crippen molar-refractivity contribution in [3.8, 4) is 0 Å². The van der Waals surface area contributed by atoms with Gasteiger partial charge < -0.3 is 15.3 Å². The molecule has 0 saturated heterocycles. The van der Waals surface area contributed by atoms with Gasteiger partial charge in [-0.25, -0.2) is 4.79 Å². The second-order valence-electron chi connectivity index (χ2n) is 3.74. The lowest BCUT2D eigenvalue weighted by atomic mass is 10.4. The van der Waals surface area contributed by atoms with Crippen LogP contribution >= 0.6 is 11.3 Å². The molecule has 0 fully saturated rings. The number of likely N-dealkylation sites (N-methyl/N-ethyl adjacent to an activating group) is 1. The van der Waals surface area contributed by atoms with Crippen LogP contribution in [0.5, 0.6) is 0 Å². The Morgan fingerprint density at radius 3 is 2.50 bits per heavy atom. The molecule has 0 aromatic carbocycles. The zero-order valence-electron chi connectivity index (χ0n) is 10.6. The number of carbonyl (C=O) groups excluding carboxylic acids is 1. The van der Waals surface area contributed by atoms with E-state index in [0.29, 0.717) is 24.5 Å². The molecular weight excluding hydrogens is 252 g/mol. The monoisotopic (exact) mass is 270 g/mol. The van der Waals surface area contributed by atoms with Crippen molar-refractivity contribution in [3.05, 3.63) is 21.9 Å². The highest BCUT2D eigenvalue weighted by molar-refractivity contribution is 7.13. The molecule has 1 aromatic rings. The molecule has 1 rings (SSSR count). The van der Waals surface area contributed by atoms with Gasteiger partial charge in [0.05, 0.1) is 6.54 Å². The topological polar surface area (TPSA) is 69.6 Å². The number of hydrogen-bond acceptors (Lipinski definition) is 4. The van der Waals surface area contributed by atoms with Crippen LogP contribution in [0.25, 0.3) is 0 Å². The van der Waals surface area contributed by atoms with Crippen molar-refractivity contribution in [1.82, 2.24) is 10.2 Å². The second kappa shape index (κ2) is 7.13. The van der Waals surface area contributed by atoms with Gasteiger partial charge in [-0.1, -0.05) is 0 Å². The molecular formula is C12H18N2O3S. The number of aromatic carboxylic acids is 1. The SMILES string of the molecule is CCN(CC)C(=O)CNCc1ccc(C(=O)O)s1. The average Bonchev–Trinajstić information content (AvgIpc) is 2.79. The van der Waals surface area contributed by atoms with Crippen molar-refractivity contribution in [2.24, 2.45) is 0 Å². The average molecular weight is 270 g/mol. The highest BCUT2D eigenvalue weighted by Crippen LogP contribution is 2.15. The van der Waals surface area contributed by atoms with E-state index in [2.05, 4.69) is 5.32 Å². The molecule has 6 heteroatoms. The van der Waals surface area contributed by atoms with Gasteiger partial charge in [-0.15, -0.1) is 11.3 Å². The van der Waals surface area contributed by atoms with Crippen LogP contribution in [-0.4, -0.2) is 41.5 Å². The minimum atomic E-state index is -0.912. The number of hydrogen-bond donors (Lipinski definition) is 2. The lowest BCUT2D eigenvalue weighted by Crippen LogP contribution is -2.37. The normalized spacial score (nSPS) is 10.3. The molecule has 5 nitrogen and oxygen atoms in total. The van der Waals surface area contributed by atoms with Gasteiger partial charge in [-0.2, -0.15) is 0 Å². The van der Waals surface area contributed by atoms with Gasteiger partial charge in [0.25, 0.3) is 0 Å². The second-order valence-corrected chi connectivity index (χ2v) is 4.91. The highest BCUT2D eigenvalue weighted by atomic mass is 32.1. The molecule has 0 saturated carbocycles. The zero-order valence-corrected chi connectivity index (χ0v) is 11.4. The molecule has 1 heterocycles. The van der Waals surface area contributed by atoms with Crippen molar-refractivity contribution in [2.75, 3.05) is 19.6 Å². The largest absolute Gasteiger partial charge is 0.477 e. The van der Waals surface area contributed by atoms with E-state index in [1.165, 1.54) is 11.3 Å². The molecule has 0 unspecified atom stereocenters. The van der Waals surface area contributed by atoms with Crippen LogP contribution in [-0.2, 0) is 11.3 Å². The summed E-state index contributed by atoms with van der Waals surface area (Å²) in [7, 11) is 0. The van der Waals surface area contributed by atoms with Crippen molar-refractivity contribution in [2.45, 2.75) is 20.4 Å². The Labute approximate surface area is 110 Å². The standard InChI is InChI=1S/C12H18N2O3S/c1-3-14(4-2)11(15)8-13-7-9-5-6-10(18-9)12(16)17/h5-6,13H,3-4,7-8H2,1-2H3,(H,16,17). The van der Waals surface area contributed by atoms with Gasteiger partial charge in [-0.05, 0) is 26.0 Å². The van der Waals surface area contributed by atoms with Crippen LogP contribution in [0.15, 0.2) is 12.1 Å². The smallest absolute Gasteiger partial charge is 0.345 e. The molecule has 0 radical (unpaired) electrons. The number of nitrogens with one attached hydrogen (secondary N) is 1. The molecule has 0 spiro atoms. The Morgan fingerprint density at radius 2 is 2.00 bits per heavy atom. The van der Waals surface area contributed by atoms with Crippen LogP contribution in [0.2, 0.25) is 0 Å². The predicted octanol–water partition coefficient (Wildman–Crippen LogP) is 1.40. The maximum Gasteiger partial charge on any atom is 0.345 e. The molecule has 1 aromatic heterocycles. The lowest BCUT2D eigenvalue weighted by Gasteiger charge is -2.18. The van der Waals surface area contributed by atoms with Gasteiger partial charge in [0.15, 0.2) is 0 Å². The Balaban J connectivity index is 2.37. The molecule has 0 bridgehead atoms. The summed E-state index contributed by atoms with van der Waals surface area (Å²) < 4.78 is 0. The first-order valence-electron chi connectivity index (χ1n) is 5.89. The number of nitrogens with zero attached hydrogens (tertiary/aromatic N) is 1. The Morgan fingerprint density at radius 1 is 1.33 bits per heavy atom. The summed E-state index contributed by atoms with van der Waals surface area (Å²) in [6, 6.07) is 3.35. The summed E-state index contributed by atoms with van der Waals surface area (Å²) in [4.78, 5) is 25.4. The fourth-order valence-corrected chi connectivity index (χ4v) is 2.38. The van der Waals surface area contributed by atoms with Crippen LogP contribution in [0.3, 0.4) is 0 Å². The van der Waals surface area contributed by atoms with Crippen LogP contribution in [0.1, 0.15) is 28.4 Å². The summed E-state index contributed by atoms with van der Waals surface area (Å²) >= 11 is 1.23. The van der Waals surface area contributed by atoms with E-state index in [-0.39, 0.29) is 12.5 Å². The van der Waals surface area contributed by atoms with E-state index in [4.69, 9.17) is 5.11 Å². The van der Waals surface area contributed by atoms with Crippen molar-refractivity contribution < 1.29 is 14.7 Å². The van der Waals surface area contributed by atoms with Crippen molar-refractivity contribution in [1.29, 1.82) is 0 Å². The molecule has 0 atom stereocenters. The quantitative estimate of drug-likeness (QED) is 0.786. The number of thiophene rings is 1. The molecule has 2 N–H and O–H groups in total. The van der Waals surface area contributed by atoms with E-state index in [1.54, 1.807) is 17.0 Å². The van der Waals surface area contributed by atoms with Gasteiger partial charge in [-0.3, -0.25) is 4.79 Å². The van der Waals surface area contributed by atoms with Gasteiger partial charge in [0.1, 0.15) is 4.88 Å². The van der Waals surface area contributed by atoms with Gasteiger partial charge in [0, 0.05) is 24.5 Å². The molecule has 0 aliphatic rings. The van der Waals surface area contributed by atoms with Crippen LogP contribution < -0.4 is 5.32 Å². The maximum atomic E-state index is 11.7. The fourth-order valence-electron chi connectivity index (χ4n) is 1.57. The first kappa shape index (κ1) is 14.7. The van der Waals surface area contributed by atoms with Crippen LogP contribution in [0.4, 0.5) is 0 Å². The molecule has 0 aliphatic carbocycles. The number of amides is 1. The fraction of sp³-hybridized carbons (Fsp3) is 0.500. The predicted molar refractivity (Wildman–Crippen MR) is 70.9 cm³/mol. The highest BCUT2D eigenvalue weighted by Gasteiger charge is 2.10. The zero-order chi connectivity index (χ0) is 13.5. The first-order valence-corrected chi connectivity index (χ1v) is 6.70. The number of carboxylic acids is 1. The third-order valence-electron chi connectivity index (χ3n) is 2.56. The van der Waals surface area contributed by atoms with E-state index in [1.807, 2.05) is 13.8 Å². The number of rotatable bonds is 7. The van der Waals surface area contributed by atoms with Crippen LogP contribution in [0, 0.1) is 0 Å². The third-order valence-corrected chi connectivity index (χ3v) is 3.64. The van der Waals surface area contributed by atoms with Gasteiger partial charge >= 0.3 is 5.97 Å². The number of carbonyl (C=O) groups is 2. The first-order chi connectivity index (χ1) is 8.58. The van der Waals surface area contributed by atoms with E-state index in [9.17, 15) is 9.59 Å². The minimum Gasteiger partial charge on any atom is -0.477 e. The van der Waals surface area contributed by atoms with Gasteiger partial charge in [0.2, 0.25) is 5.91 Å². The summed E-state index contributed by atoms with van der Waals surface area (Å²) in [6.07, 6.45) is 0.